The quantitative estimate of drug-likeness (QED) is 0.225. The molecule has 2 aromatic carbocycles. The van der Waals surface area contributed by atoms with E-state index in [-0.39, 0.29) is 11.1 Å². The molecule has 0 radical (unpaired) electrons. The Labute approximate surface area is 198 Å². The molecule has 9 heteroatoms. The molecule has 0 aliphatic heterocycles. The fourth-order valence-corrected chi connectivity index (χ4v) is 4.83. The lowest BCUT2D eigenvalue weighted by Crippen LogP contribution is -2.35. The van der Waals surface area contributed by atoms with Gasteiger partial charge in [-0.25, -0.2) is 0 Å². The van der Waals surface area contributed by atoms with Crippen molar-refractivity contribution in [2.45, 2.75) is 18.7 Å². The molecule has 7 nitrogen and oxygen atoms in total. The number of carbonyl (C=O) groups excluding carboxylic acids is 1. The molecule has 33 heavy (non-hydrogen) atoms. The molecule has 1 heterocycles. The SMILES string of the molecule is CN(CCCSCc1c(C=O)c(=O)[nH]c2cc(N(C)C)ccc12)Cc1ccccc1B(O)O. The van der Waals surface area contributed by atoms with Crippen LogP contribution < -0.4 is 15.9 Å². The maximum Gasteiger partial charge on any atom is 0.488 e. The van der Waals surface area contributed by atoms with Crippen LogP contribution in [0.3, 0.4) is 0 Å². The Kier molecular flexibility index (Phi) is 8.74. The number of aldehydes is 1. The molecule has 174 valence electrons. The number of benzene rings is 2. The molecule has 0 unspecified atom stereocenters. The highest BCUT2D eigenvalue weighted by Crippen LogP contribution is 2.26. The first kappa shape index (κ1) is 25.0. The van der Waals surface area contributed by atoms with Gasteiger partial charge in [0.15, 0.2) is 6.29 Å². The number of anilines is 1. The molecular formula is C24H30BN3O4S. The van der Waals surface area contributed by atoms with E-state index in [1.807, 2.05) is 56.4 Å². The van der Waals surface area contributed by atoms with Gasteiger partial charge in [-0.2, -0.15) is 11.8 Å². The van der Waals surface area contributed by atoms with Crippen molar-refractivity contribution in [1.29, 1.82) is 0 Å². The van der Waals surface area contributed by atoms with Gasteiger partial charge in [0.2, 0.25) is 0 Å². The first-order valence-corrected chi connectivity index (χ1v) is 12.0. The van der Waals surface area contributed by atoms with E-state index in [4.69, 9.17) is 0 Å². The Hall–Kier alpha value is -2.59. The van der Waals surface area contributed by atoms with Gasteiger partial charge in [0.05, 0.1) is 11.1 Å². The number of aromatic nitrogens is 1. The third-order valence-electron chi connectivity index (χ3n) is 5.63. The van der Waals surface area contributed by atoms with Crippen molar-refractivity contribution in [3.63, 3.8) is 0 Å². The molecule has 3 N–H and O–H groups in total. The lowest BCUT2D eigenvalue weighted by Gasteiger charge is -2.19. The van der Waals surface area contributed by atoms with Crippen LogP contribution >= 0.6 is 11.8 Å². The van der Waals surface area contributed by atoms with Crippen LogP contribution in [-0.2, 0) is 12.3 Å². The van der Waals surface area contributed by atoms with Crippen LogP contribution in [0.1, 0.15) is 27.9 Å². The van der Waals surface area contributed by atoms with E-state index in [0.717, 1.165) is 46.4 Å². The van der Waals surface area contributed by atoms with Gasteiger partial charge in [-0.1, -0.05) is 30.3 Å². The van der Waals surface area contributed by atoms with Crippen molar-refractivity contribution >= 4 is 47.2 Å². The normalized spacial score (nSPS) is 11.2. The number of pyridine rings is 1. The number of aromatic amines is 1. The summed E-state index contributed by atoms with van der Waals surface area (Å²) in [5.74, 6) is 1.45. The summed E-state index contributed by atoms with van der Waals surface area (Å²) >= 11 is 1.70. The van der Waals surface area contributed by atoms with Crippen LogP contribution in [0.5, 0.6) is 0 Å². The Bertz CT molecular complexity index is 1170. The summed E-state index contributed by atoms with van der Waals surface area (Å²) in [5.41, 5.74) is 3.76. The summed E-state index contributed by atoms with van der Waals surface area (Å²) in [6.45, 7) is 1.46. The van der Waals surface area contributed by atoms with E-state index < -0.39 is 7.12 Å². The van der Waals surface area contributed by atoms with Gasteiger partial charge in [0.25, 0.3) is 5.56 Å². The molecule has 0 saturated heterocycles. The number of hydrogen-bond donors (Lipinski definition) is 3. The maximum absolute atomic E-state index is 12.4. The van der Waals surface area contributed by atoms with Crippen LogP contribution in [0.4, 0.5) is 5.69 Å². The summed E-state index contributed by atoms with van der Waals surface area (Å²) in [6.07, 6.45) is 1.57. The molecule has 1 aromatic heterocycles. The van der Waals surface area contributed by atoms with Gasteiger partial charge < -0.3 is 24.8 Å². The molecule has 0 spiro atoms. The number of rotatable bonds is 11. The Morgan fingerprint density at radius 1 is 1.12 bits per heavy atom. The van der Waals surface area contributed by atoms with Gasteiger partial charge in [0.1, 0.15) is 0 Å². The zero-order valence-corrected chi connectivity index (χ0v) is 20.1. The predicted octanol–water partition coefficient (Wildman–Crippen LogP) is 1.84. The minimum atomic E-state index is -1.48. The molecule has 0 amide bonds. The lowest BCUT2D eigenvalue weighted by molar-refractivity contribution is 0.112. The second-order valence-corrected chi connectivity index (χ2v) is 9.41. The van der Waals surface area contributed by atoms with Gasteiger partial charge in [-0.05, 0) is 54.5 Å². The summed E-state index contributed by atoms with van der Waals surface area (Å²) in [7, 11) is 4.41. The molecule has 0 atom stereocenters. The summed E-state index contributed by atoms with van der Waals surface area (Å²) in [5, 5.41) is 20.0. The molecule has 0 saturated carbocycles. The average Bonchev–Trinajstić information content (AvgIpc) is 2.78. The Balaban J connectivity index is 1.61. The fraction of sp³-hybridized carbons (Fsp3) is 0.333. The van der Waals surface area contributed by atoms with Crippen LogP contribution in [0.2, 0.25) is 0 Å². The van der Waals surface area contributed by atoms with Crippen LogP contribution in [0.15, 0.2) is 47.3 Å². The highest BCUT2D eigenvalue weighted by Gasteiger charge is 2.16. The number of fused-ring (bicyclic) bond motifs is 1. The number of H-pyrrole nitrogens is 1. The van der Waals surface area contributed by atoms with Gasteiger partial charge in [0, 0.05) is 37.5 Å². The zero-order chi connectivity index (χ0) is 24.0. The minimum absolute atomic E-state index is 0.198. The van der Waals surface area contributed by atoms with Crippen molar-refractivity contribution in [1.82, 2.24) is 9.88 Å². The molecule has 0 aliphatic carbocycles. The highest BCUT2D eigenvalue weighted by atomic mass is 32.2. The maximum atomic E-state index is 12.4. The molecule has 0 fully saturated rings. The van der Waals surface area contributed by atoms with Gasteiger partial charge in [-0.15, -0.1) is 0 Å². The van der Waals surface area contributed by atoms with Crippen molar-refractivity contribution in [3.05, 3.63) is 69.5 Å². The van der Waals surface area contributed by atoms with Crippen molar-refractivity contribution in [3.8, 4) is 0 Å². The third-order valence-corrected chi connectivity index (χ3v) is 6.70. The smallest absolute Gasteiger partial charge is 0.423 e. The number of hydrogen-bond acceptors (Lipinski definition) is 7. The van der Waals surface area contributed by atoms with Gasteiger partial charge in [-0.3, -0.25) is 9.59 Å². The molecule has 3 rings (SSSR count). The fourth-order valence-electron chi connectivity index (χ4n) is 3.84. The molecule has 0 aliphatic rings. The minimum Gasteiger partial charge on any atom is -0.423 e. The van der Waals surface area contributed by atoms with Crippen molar-refractivity contribution in [2.75, 3.05) is 38.3 Å². The van der Waals surface area contributed by atoms with Gasteiger partial charge >= 0.3 is 7.12 Å². The van der Waals surface area contributed by atoms with Crippen LogP contribution in [-0.4, -0.2) is 66.8 Å². The molecule has 3 aromatic rings. The second-order valence-electron chi connectivity index (χ2n) is 8.30. The highest BCUT2D eigenvalue weighted by molar-refractivity contribution is 7.98. The van der Waals surface area contributed by atoms with E-state index in [9.17, 15) is 19.6 Å². The number of nitrogens with one attached hydrogen (secondary N) is 1. The first-order valence-electron chi connectivity index (χ1n) is 10.8. The van der Waals surface area contributed by atoms with Crippen molar-refractivity contribution in [2.24, 2.45) is 0 Å². The first-order chi connectivity index (χ1) is 15.8. The van der Waals surface area contributed by atoms with E-state index in [2.05, 4.69) is 9.88 Å². The topological polar surface area (TPSA) is 96.9 Å². The Morgan fingerprint density at radius 3 is 2.58 bits per heavy atom. The second kappa shape index (κ2) is 11.5. The largest absolute Gasteiger partial charge is 0.488 e. The summed E-state index contributed by atoms with van der Waals surface area (Å²) in [4.78, 5) is 31.0. The standard InChI is InChI=1S/C24H30BN3O4S/c1-27(2)18-9-10-19-21(20(15-29)24(30)26-23(19)13-18)16-33-12-6-11-28(3)14-17-7-4-5-8-22(17)25(31)32/h4-5,7-10,13,15,31-32H,6,11-12,14,16H2,1-3H3,(H,26,30). The van der Waals surface area contributed by atoms with Crippen LogP contribution in [0.25, 0.3) is 10.9 Å². The predicted molar refractivity (Wildman–Crippen MR) is 138 cm³/mol. The van der Waals surface area contributed by atoms with E-state index in [1.54, 1.807) is 23.9 Å². The summed E-state index contributed by atoms with van der Waals surface area (Å²) in [6, 6.07) is 13.2. The number of thioether (sulfide) groups is 1. The number of carbonyl (C=O) groups is 1. The van der Waals surface area contributed by atoms with E-state index >= 15 is 0 Å². The number of nitrogens with zero attached hydrogens (tertiary/aromatic N) is 2. The van der Waals surface area contributed by atoms with E-state index in [0.29, 0.717) is 24.0 Å². The Morgan fingerprint density at radius 2 is 1.88 bits per heavy atom. The average molecular weight is 467 g/mol. The van der Waals surface area contributed by atoms with E-state index in [1.165, 1.54) is 0 Å². The molecular weight excluding hydrogens is 437 g/mol. The zero-order valence-electron chi connectivity index (χ0n) is 19.2. The summed E-state index contributed by atoms with van der Waals surface area (Å²) < 4.78 is 0. The lowest BCUT2D eigenvalue weighted by atomic mass is 9.77. The monoisotopic (exact) mass is 467 g/mol. The molecule has 0 bridgehead atoms. The third kappa shape index (κ3) is 6.26. The van der Waals surface area contributed by atoms with Crippen LogP contribution in [0, 0.1) is 0 Å². The van der Waals surface area contributed by atoms with Crippen molar-refractivity contribution < 1.29 is 14.8 Å².